The van der Waals surface area contributed by atoms with Crippen LogP contribution in [0.1, 0.15) is 29.5 Å². The molecule has 1 aromatic rings. The first-order valence-corrected chi connectivity index (χ1v) is 5.27. The maximum atomic E-state index is 11.6. The Bertz CT molecular complexity index is 466. The average molecular weight is 254 g/mol. The number of primary amides is 1. The van der Waals surface area contributed by atoms with Crippen LogP contribution in [0, 0.1) is 0 Å². The zero-order chi connectivity index (χ0) is 13.7. The normalized spacial score (nSPS) is 11.8. The SMILES string of the molecule is CC(CC(N)=O)NC(=O)Cc1occc1C(=O)O. The lowest BCUT2D eigenvalue weighted by molar-refractivity contribution is -0.122. The molecule has 1 rings (SSSR count). The molecule has 0 fully saturated rings. The molecule has 1 heterocycles. The molecular formula is C11H14N2O5. The Morgan fingerprint density at radius 2 is 2.17 bits per heavy atom. The summed E-state index contributed by atoms with van der Waals surface area (Å²) in [6.07, 6.45) is 1.03. The molecule has 1 unspecified atom stereocenters. The van der Waals surface area contributed by atoms with Gasteiger partial charge in [-0.1, -0.05) is 0 Å². The van der Waals surface area contributed by atoms with Crippen molar-refractivity contribution >= 4 is 17.8 Å². The van der Waals surface area contributed by atoms with Crippen LogP contribution in [-0.4, -0.2) is 28.9 Å². The number of nitrogens with two attached hydrogens (primary N) is 1. The van der Waals surface area contributed by atoms with Crippen molar-refractivity contribution in [2.75, 3.05) is 0 Å². The topological polar surface area (TPSA) is 123 Å². The van der Waals surface area contributed by atoms with Gasteiger partial charge in [-0.05, 0) is 13.0 Å². The predicted molar refractivity (Wildman–Crippen MR) is 60.8 cm³/mol. The largest absolute Gasteiger partial charge is 0.478 e. The van der Waals surface area contributed by atoms with E-state index in [-0.39, 0.29) is 24.2 Å². The van der Waals surface area contributed by atoms with E-state index >= 15 is 0 Å². The highest BCUT2D eigenvalue weighted by Gasteiger charge is 2.17. The third-order valence-electron chi connectivity index (χ3n) is 2.21. The Balaban J connectivity index is 2.57. The van der Waals surface area contributed by atoms with Crippen molar-refractivity contribution < 1.29 is 23.9 Å². The highest BCUT2D eigenvalue weighted by molar-refractivity contribution is 5.90. The summed E-state index contributed by atoms with van der Waals surface area (Å²) in [5.41, 5.74) is 4.93. The number of carboxylic acids is 1. The fourth-order valence-corrected chi connectivity index (χ4v) is 1.49. The quantitative estimate of drug-likeness (QED) is 0.654. The number of hydrogen-bond donors (Lipinski definition) is 3. The maximum absolute atomic E-state index is 11.6. The summed E-state index contributed by atoms with van der Waals surface area (Å²) in [5.74, 6) is -2.03. The van der Waals surface area contributed by atoms with Gasteiger partial charge < -0.3 is 20.6 Å². The molecule has 0 saturated carbocycles. The minimum absolute atomic E-state index is 0.0235. The summed E-state index contributed by atoms with van der Waals surface area (Å²) in [5, 5.41) is 11.3. The number of hydrogen-bond acceptors (Lipinski definition) is 4. The lowest BCUT2D eigenvalue weighted by Gasteiger charge is -2.11. The van der Waals surface area contributed by atoms with Gasteiger partial charge in [-0.3, -0.25) is 9.59 Å². The molecule has 1 atom stereocenters. The van der Waals surface area contributed by atoms with Crippen LogP contribution in [0.2, 0.25) is 0 Å². The molecule has 2 amide bonds. The van der Waals surface area contributed by atoms with Crippen LogP contribution < -0.4 is 11.1 Å². The van der Waals surface area contributed by atoms with E-state index in [1.54, 1.807) is 6.92 Å². The molecule has 0 aliphatic carbocycles. The number of nitrogens with one attached hydrogen (secondary N) is 1. The molecule has 1 aromatic heterocycles. The summed E-state index contributed by atoms with van der Waals surface area (Å²) in [6.45, 7) is 1.63. The second-order valence-electron chi connectivity index (χ2n) is 3.88. The Hall–Kier alpha value is -2.31. The van der Waals surface area contributed by atoms with Crippen LogP contribution in [0.3, 0.4) is 0 Å². The van der Waals surface area contributed by atoms with Gasteiger partial charge in [0, 0.05) is 12.5 Å². The summed E-state index contributed by atoms with van der Waals surface area (Å²) in [6, 6.07) is 0.871. The minimum Gasteiger partial charge on any atom is -0.478 e. The molecule has 7 nitrogen and oxygen atoms in total. The molecule has 0 spiro atoms. The van der Waals surface area contributed by atoms with Crippen molar-refractivity contribution in [1.29, 1.82) is 0 Å². The van der Waals surface area contributed by atoms with Crippen molar-refractivity contribution in [3.63, 3.8) is 0 Å². The third-order valence-corrected chi connectivity index (χ3v) is 2.21. The number of rotatable bonds is 6. The summed E-state index contributed by atoms with van der Waals surface area (Å²) < 4.78 is 4.93. The number of carbonyl (C=O) groups excluding carboxylic acids is 2. The second kappa shape index (κ2) is 5.85. The van der Waals surface area contributed by atoms with Gasteiger partial charge in [-0.15, -0.1) is 0 Å². The van der Waals surface area contributed by atoms with Gasteiger partial charge in [0.2, 0.25) is 11.8 Å². The van der Waals surface area contributed by atoms with Crippen molar-refractivity contribution in [1.82, 2.24) is 5.32 Å². The standard InChI is InChI=1S/C11H14N2O5/c1-6(4-9(12)14)13-10(15)5-8-7(11(16)17)2-3-18-8/h2-3,6H,4-5H2,1H3,(H2,12,14)(H,13,15)(H,16,17). The summed E-state index contributed by atoms with van der Waals surface area (Å²) >= 11 is 0. The lowest BCUT2D eigenvalue weighted by Crippen LogP contribution is -2.36. The number of aromatic carboxylic acids is 1. The van der Waals surface area contributed by atoms with Crippen LogP contribution in [-0.2, 0) is 16.0 Å². The number of carboxylic acid groups (broad SMARTS) is 1. The van der Waals surface area contributed by atoms with E-state index in [2.05, 4.69) is 5.32 Å². The van der Waals surface area contributed by atoms with Crippen LogP contribution in [0.25, 0.3) is 0 Å². The number of furan rings is 1. The monoisotopic (exact) mass is 254 g/mol. The second-order valence-corrected chi connectivity index (χ2v) is 3.88. The summed E-state index contributed by atoms with van der Waals surface area (Å²) in [4.78, 5) is 33.0. The van der Waals surface area contributed by atoms with Gasteiger partial charge in [0.25, 0.3) is 0 Å². The molecular weight excluding hydrogens is 240 g/mol. The lowest BCUT2D eigenvalue weighted by atomic mass is 10.2. The van der Waals surface area contributed by atoms with E-state index in [4.69, 9.17) is 15.3 Å². The predicted octanol–water partition coefficient (Wildman–Crippen LogP) is -0.0996. The molecule has 0 saturated heterocycles. The molecule has 98 valence electrons. The first kappa shape index (κ1) is 13.8. The van der Waals surface area contributed by atoms with Crippen molar-refractivity contribution in [3.8, 4) is 0 Å². The molecule has 0 radical (unpaired) electrons. The highest BCUT2D eigenvalue weighted by Crippen LogP contribution is 2.11. The van der Waals surface area contributed by atoms with E-state index in [0.29, 0.717) is 0 Å². The van der Waals surface area contributed by atoms with Crippen molar-refractivity contribution in [2.45, 2.75) is 25.8 Å². The molecule has 0 aliphatic rings. The Labute approximate surface area is 103 Å². The van der Waals surface area contributed by atoms with E-state index in [1.807, 2.05) is 0 Å². The zero-order valence-electron chi connectivity index (χ0n) is 9.80. The van der Waals surface area contributed by atoms with Gasteiger partial charge >= 0.3 is 5.97 Å². The van der Waals surface area contributed by atoms with Gasteiger partial charge in [-0.2, -0.15) is 0 Å². The summed E-state index contributed by atoms with van der Waals surface area (Å²) in [7, 11) is 0. The van der Waals surface area contributed by atoms with E-state index < -0.39 is 23.8 Å². The first-order valence-electron chi connectivity index (χ1n) is 5.27. The van der Waals surface area contributed by atoms with Crippen LogP contribution in [0.5, 0.6) is 0 Å². The molecule has 0 aromatic carbocycles. The first-order chi connectivity index (χ1) is 8.40. The highest BCUT2D eigenvalue weighted by atomic mass is 16.4. The van der Waals surface area contributed by atoms with Gasteiger partial charge in [0.15, 0.2) is 0 Å². The Kier molecular flexibility index (Phi) is 4.47. The van der Waals surface area contributed by atoms with Gasteiger partial charge in [-0.25, -0.2) is 4.79 Å². The van der Waals surface area contributed by atoms with Crippen LogP contribution in [0.15, 0.2) is 16.7 Å². The molecule has 0 bridgehead atoms. The van der Waals surface area contributed by atoms with Crippen molar-refractivity contribution in [2.24, 2.45) is 5.73 Å². The van der Waals surface area contributed by atoms with E-state index in [9.17, 15) is 14.4 Å². The molecule has 18 heavy (non-hydrogen) atoms. The third kappa shape index (κ3) is 3.93. The van der Waals surface area contributed by atoms with Gasteiger partial charge in [0.05, 0.1) is 12.7 Å². The molecule has 4 N–H and O–H groups in total. The Morgan fingerprint density at radius 1 is 1.50 bits per heavy atom. The van der Waals surface area contributed by atoms with Crippen LogP contribution >= 0.6 is 0 Å². The smallest absolute Gasteiger partial charge is 0.339 e. The molecule has 7 heteroatoms. The van der Waals surface area contributed by atoms with E-state index in [0.717, 1.165) is 0 Å². The van der Waals surface area contributed by atoms with E-state index in [1.165, 1.54) is 12.3 Å². The Morgan fingerprint density at radius 3 is 2.72 bits per heavy atom. The zero-order valence-corrected chi connectivity index (χ0v) is 9.80. The number of carbonyl (C=O) groups is 3. The van der Waals surface area contributed by atoms with Crippen LogP contribution in [0.4, 0.5) is 0 Å². The maximum Gasteiger partial charge on any atom is 0.339 e. The average Bonchev–Trinajstić information content (AvgIpc) is 2.63. The fourth-order valence-electron chi connectivity index (χ4n) is 1.49. The minimum atomic E-state index is -1.16. The van der Waals surface area contributed by atoms with Crippen molar-refractivity contribution in [3.05, 3.63) is 23.7 Å². The number of amides is 2. The fraction of sp³-hybridized carbons (Fsp3) is 0.364. The molecule has 0 aliphatic heterocycles. The van der Waals surface area contributed by atoms with Gasteiger partial charge in [0.1, 0.15) is 11.3 Å².